The maximum atomic E-state index is 6.06. The smallest absolute Gasteiger partial charge is 0.112 e. The van der Waals surface area contributed by atoms with Gasteiger partial charge < -0.3 is 14.6 Å². The van der Waals surface area contributed by atoms with Crippen LogP contribution in [0.25, 0.3) is 0 Å². The van der Waals surface area contributed by atoms with E-state index < -0.39 is 0 Å². The van der Waals surface area contributed by atoms with Crippen molar-refractivity contribution in [2.45, 2.75) is 12.1 Å². The third kappa shape index (κ3) is 3.55. The van der Waals surface area contributed by atoms with Crippen LogP contribution in [0.2, 0.25) is 0 Å². The minimum absolute atomic E-state index is 0.0890. The molecule has 0 radical (unpaired) electrons. The van der Waals surface area contributed by atoms with Crippen molar-refractivity contribution in [2.75, 3.05) is 34.3 Å². The van der Waals surface area contributed by atoms with Crippen LogP contribution >= 0.6 is 11.3 Å². The van der Waals surface area contributed by atoms with Crippen LogP contribution in [0.3, 0.4) is 0 Å². The molecule has 0 amide bonds. The van der Waals surface area contributed by atoms with Crippen LogP contribution in [0.4, 0.5) is 0 Å². The number of ether oxygens (including phenoxy) is 1. The summed E-state index contributed by atoms with van der Waals surface area (Å²) in [4.78, 5) is 3.40. The highest BCUT2D eigenvalue weighted by molar-refractivity contribution is 7.10. The van der Waals surface area contributed by atoms with Crippen LogP contribution in [-0.2, 0) is 4.74 Å². The molecular formula is C13H21N3OS. The molecule has 1 aromatic heterocycles. The van der Waals surface area contributed by atoms with Gasteiger partial charge in [0.25, 0.3) is 0 Å². The topological polar surface area (TPSA) is 27.7 Å². The summed E-state index contributed by atoms with van der Waals surface area (Å²) in [6.45, 7) is 1.68. The molecule has 1 aromatic rings. The first-order valence-corrected chi connectivity index (χ1v) is 7.02. The van der Waals surface area contributed by atoms with Crippen molar-refractivity contribution in [1.82, 2.24) is 15.3 Å². The molecule has 0 fully saturated rings. The highest BCUT2D eigenvalue weighted by Crippen LogP contribution is 2.28. The summed E-state index contributed by atoms with van der Waals surface area (Å²) in [7, 11) is 6.12. The molecule has 2 heterocycles. The monoisotopic (exact) mass is 267 g/mol. The van der Waals surface area contributed by atoms with Crippen molar-refractivity contribution in [3.63, 3.8) is 0 Å². The first kappa shape index (κ1) is 13.5. The van der Waals surface area contributed by atoms with Crippen molar-refractivity contribution >= 4 is 11.3 Å². The summed E-state index contributed by atoms with van der Waals surface area (Å²) in [6, 6.07) is 4.43. The van der Waals surface area contributed by atoms with Crippen molar-refractivity contribution in [2.24, 2.45) is 0 Å². The molecule has 2 unspecified atom stereocenters. The van der Waals surface area contributed by atoms with Gasteiger partial charge in [0.05, 0.1) is 12.6 Å². The number of hydrogen-bond acceptors (Lipinski definition) is 5. The Bertz CT molecular complexity index is 378. The standard InChI is InChI=1S/C13H21N3OS/c1-15(2)8-9-17-13(12-5-4-10-18-12)11-6-7-16(3)14-11/h4-7,10-11,13-14H,8-9H2,1-3H3. The molecule has 0 bridgehead atoms. The van der Waals surface area contributed by atoms with Gasteiger partial charge in [-0.1, -0.05) is 6.07 Å². The Hall–Kier alpha value is -0.880. The zero-order valence-corrected chi connectivity index (χ0v) is 12.0. The maximum Gasteiger partial charge on any atom is 0.112 e. The Balaban J connectivity index is 1.97. The predicted octanol–water partition coefficient (Wildman–Crippen LogP) is 1.70. The molecule has 0 saturated carbocycles. The number of nitrogens with zero attached hydrogens (tertiary/aromatic N) is 2. The molecular weight excluding hydrogens is 246 g/mol. The van der Waals surface area contributed by atoms with E-state index in [4.69, 9.17) is 4.74 Å². The molecule has 0 aliphatic carbocycles. The number of likely N-dealkylation sites (N-methyl/N-ethyl adjacent to an activating group) is 1. The largest absolute Gasteiger partial charge is 0.369 e. The van der Waals surface area contributed by atoms with Gasteiger partial charge in [-0.25, -0.2) is 5.43 Å². The van der Waals surface area contributed by atoms with Crippen molar-refractivity contribution in [3.8, 4) is 0 Å². The van der Waals surface area contributed by atoms with E-state index in [0.29, 0.717) is 0 Å². The fourth-order valence-corrected chi connectivity index (χ4v) is 2.71. The third-order valence-electron chi connectivity index (χ3n) is 2.86. The lowest BCUT2D eigenvalue weighted by molar-refractivity contribution is 0.0235. The summed E-state index contributed by atoms with van der Waals surface area (Å²) < 4.78 is 6.06. The van der Waals surface area contributed by atoms with Crippen LogP contribution < -0.4 is 5.43 Å². The molecule has 2 atom stereocenters. The van der Waals surface area contributed by atoms with Gasteiger partial charge in [0.1, 0.15) is 6.10 Å². The summed E-state index contributed by atoms with van der Waals surface area (Å²) in [6.07, 6.45) is 4.28. The highest BCUT2D eigenvalue weighted by atomic mass is 32.1. The van der Waals surface area contributed by atoms with Gasteiger partial charge in [0.2, 0.25) is 0 Å². The molecule has 0 saturated heterocycles. The Morgan fingerprint density at radius 3 is 2.94 bits per heavy atom. The summed E-state index contributed by atoms with van der Waals surface area (Å²) in [5.74, 6) is 0. The molecule has 1 N–H and O–H groups in total. The van der Waals surface area contributed by atoms with Crippen LogP contribution in [0.15, 0.2) is 29.8 Å². The number of hydrazine groups is 1. The molecule has 100 valence electrons. The number of rotatable bonds is 6. The van der Waals surface area contributed by atoms with E-state index >= 15 is 0 Å². The van der Waals surface area contributed by atoms with Crippen LogP contribution in [0.5, 0.6) is 0 Å². The maximum absolute atomic E-state index is 6.06. The van der Waals surface area contributed by atoms with Gasteiger partial charge in [-0.05, 0) is 31.6 Å². The second-order valence-electron chi connectivity index (χ2n) is 4.72. The first-order valence-electron chi connectivity index (χ1n) is 6.14. The SMILES string of the molecule is CN(C)CCOC(c1cccs1)C1C=CN(C)N1. The Labute approximate surface area is 113 Å². The minimum atomic E-state index is 0.0890. The average Bonchev–Trinajstić information content (AvgIpc) is 2.95. The number of thiophene rings is 1. The van der Waals surface area contributed by atoms with E-state index in [9.17, 15) is 0 Å². The zero-order valence-electron chi connectivity index (χ0n) is 11.2. The van der Waals surface area contributed by atoms with Crippen LogP contribution in [0.1, 0.15) is 11.0 Å². The molecule has 1 aliphatic rings. The summed E-state index contributed by atoms with van der Waals surface area (Å²) >= 11 is 1.75. The van der Waals surface area contributed by atoms with Crippen molar-refractivity contribution in [1.29, 1.82) is 0 Å². The molecule has 0 spiro atoms. The van der Waals surface area contributed by atoms with Crippen molar-refractivity contribution in [3.05, 3.63) is 34.7 Å². The lowest BCUT2D eigenvalue weighted by Crippen LogP contribution is -2.37. The van der Waals surface area contributed by atoms with E-state index in [1.54, 1.807) is 11.3 Å². The fraction of sp³-hybridized carbons (Fsp3) is 0.538. The third-order valence-corrected chi connectivity index (χ3v) is 3.79. The molecule has 5 heteroatoms. The average molecular weight is 267 g/mol. The molecule has 18 heavy (non-hydrogen) atoms. The minimum Gasteiger partial charge on any atom is -0.369 e. The molecule has 0 aromatic carbocycles. The fourth-order valence-electron chi connectivity index (χ4n) is 1.89. The molecule has 1 aliphatic heterocycles. The number of hydrogen-bond donors (Lipinski definition) is 1. The first-order chi connectivity index (χ1) is 8.66. The Kier molecular flexibility index (Phi) is 4.77. The van der Waals surface area contributed by atoms with E-state index in [0.717, 1.165) is 13.2 Å². The number of nitrogens with one attached hydrogen (secondary N) is 1. The molecule has 2 rings (SSSR count). The van der Waals surface area contributed by atoms with Crippen LogP contribution in [0, 0.1) is 0 Å². The summed E-state index contributed by atoms with van der Waals surface area (Å²) in [5.41, 5.74) is 3.37. The quantitative estimate of drug-likeness (QED) is 0.849. The van der Waals surface area contributed by atoms with E-state index in [1.165, 1.54) is 4.88 Å². The Morgan fingerprint density at radius 1 is 1.56 bits per heavy atom. The van der Waals surface area contributed by atoms with Gasteiger partial charge >= 0.3 is 0 Å². The lowest BCUT2D eigenvalue weighted by Gasteiger charge is -2.24. The van der Waals surface area contributed by atoms with Gasteiger partial charge in [0.15, 0.2) is 0 Å². The molecule has 4 nitrogen and oxygen atoms in total. The van der Waals surface area contributed by atoms with Gasteiger partial charge in [-0.3, -0.25) is 0 Å². The Morgan fingerprint density at radius 2 is 2.39 bits per heavy atom. The predicted molar refractivity (Wildman–Crippen MR) is 75.4 cm³/mol. The van der Waals surface area contributed by atoms with Gasteiger partial charge in [0, 0.05) is 24.7 Å². The van der Waals surface area contributed by atoms with Gasteiger partial charge in [-0.15, -0.1) is 11.3 Å². The van der Waals surface area contributed by atoms with E-state index in [-0.39, 0.29) is 12.1 Å². The van der Waals surface area contributed by atoms with E-state index in [1.807, 2.05) is 18.3 Å². The summed E-state index contributed by atoms with van der Waals surface area (Å²) in [5, 5.41) is 4.07. The zero-order chi connectivity index (χ0) is 13.0. The van der Waals surface area contributed by atoms with Crippen LogP contribution in [-0.4, -0.2) is 50.2 Å². The van der Waals surface area contributed by atoms with Gasteiger partial charge in [-0.2, -0.15) is 0 Å². The normalized spacial score (nSPS) is 20.9. The highest BCUT2D eigenvalue weighted by Gasteiger charge is 2.26. The van der Waals surface area contributed by atoms with Crippen molar-refractivity contribution < 1.29 is 4.74 Å². The lowest BCUT2D eigenvalue weighted by atomic mass is 10.1. The second-order valence-corrected chi connectivity index (χ2v) is 5.70. The van der Waals surface area contributed by atoms with E-state index in [2.05, 4.69) is 48.0 Å². The second kappa shape index (κ2) is 6.33.